The number of carbonyl (C=O) groups excluding carboxylic acids is 1. The van der Waals surface area contributed by atoms with Gasteiger partial charge in [0, 0.05) is 16.6 Å². The first-order chi connectivity index (χ1) is 15.2. The highest BCUT2D eigenvalue weighted by Crippen LogP contribution is 2.24. The third kappa shape index (κ3) is 3.97. The zero-order valence-electron chi connectivity index (χ0n) is 16.2. The molecule has 8 heteroatoms. The number of benzene rings is 3. The first kappa shape index (κ1) is 19.2. The average Bonchev–Trinajstić information content (AvgIpc) is 3.22. The number of hydrogen-bond acceptors (Lipinski definition) is 5. The minimum absolute atomic E-state index is 0.120. The molecule has 0 aliphatic rings. The molecule has 0 unspecified atom stereocenters. The molecule has 152 valence electrons. The molecule has 31 heavy (non-hydrogen) atoms. The van der Waals surface area contributed by atoms with Crippen LogP contribution >= 0.6 is 11.8 Å². The molecule has 0 aliphatic heterocycles. The molecule has 0 atom stereocenters. The largest absolute Gasteiger partial charge is 0.325 e. The lowest BCUT2D eigenvalue weighted by Gasteiger charge is -2.08. The van der Waals surface area contributed by atoms with E-state index in [9.17, 15) is 9.18 Å². The predicted molar refractivity (Wildman–Crippen MR) is 119 cm³/mol. The van der Waals surface area contributed by atoms with Crippen LogP contribution in [0.15, 0.2) is 83.9 Å². The summed E-state index contributed by atoms with van der Waals surface area (Å²) >= 11 is 1.32. The second-order valence-electron chi connectivity index (χ2n) is 6.84. The summed E-state index contributed by atoms with van der Waals surface area (Å²) in [6, 6.07) is 23.3. The molecule has 5 aromatic rings. The summed E-state index contributed by atoms with van der Waals surface area (Å²) in [5, 5.41) is 18.5. The molecule has 0 saturated heterocycles. The number of amides is 1. The Labute approximate surface area is 181 Å². The molecule has 0 fully saturated rings. The van der Waals surface area contributed by atoms with Gasteiger partial charge in [0.1, 0.15) is 10.8 Å². The molecule has 3 aromatic carbocycles. The van der Waals surface area contributed by atoms with Crippen LogP contribution in [0.25, 0.3) is 27.8 Å². The predicted octanol–water partition coefficient (Wildman–Crippen LogP) is 4.81. The van der Waals surface area contributed by atoms with Crippen molar-refractivity contribution in [3.63, 3.8) is 0 Å². The van der Waals surface area contributed by atoms with Crippen LogP contribution in [0.4, 0.5) is 10.1 Å². The van der Waals surface area contributed by atoms with Gasteiger partial charge < -0.3 is 5.32 Å². The molecule has 2 aromatic heterocycles. The van der Waals surface area contributed by atoms with E-state index in [1.165, 1.54) is 23.9 Å². The summed E-state index contributed by atoms with van der Waals surface area (Å²) in [7, 11) is 0. The van der Waals surface area contributed by atoms with E-state index >= 15 is 0 Å². The Kier molecular flexibility index (Phi) is 5.05. The van der Waals surface area contributed by atoms with Crippen molar-refractivity contribution in [1.82, 2.24) is 19.8 Å². The lowest BCUT2D eigenvalue weighted by atomic mass is 10.1. The molecular weight excluding hydrogens is 413 g/mol. The second kappa shape index (κ2) is 8.16. The fourth-order valence-electron chi connectivity index (χ4n) is 3.29. The van der Waals surface area contributed by atoms with Gasteiger partial charge in [-0.25, -0.2) is 4.39 Å². The van der Waals surface area contributed by atoms with Crippen molar-refractivity contribution in [3.8, 4) is 11.4 Å². The highest BCUT2D eigenvalue weighted by Gasteiger charge is 2.12. The Morgan fingerprint density at radius 1 is 0.935 bits per heavy atom. The van der Waals surface area contributed by atoms with Gasteiger partial charge >= 0.3 is 0 Å². The molecule has 0 bridgehead atoms. The second-order valence-corrected chi connectivity index (χ2v) is 7.83. The molecular formula is C23H16FN5OS. The smallest absolute Gasteiger partial charge is 0.234 e. The molecule has 0 aliphatic carbocycles. The standard InChI is InChI=1S/C23H16FN5OS/c24-17-10-8-16(9-11-17)23-27-26-20-12-13-22(28-29(20)23)31-14-21(30)25-19-7-3-5-15-4-1-2-6-18(15)19/h1-13H,14H2,(H,25,30). The topological polar surface area (TPSA) is 72.2 Å². The Bertz CT molecular complexity index is 1400. The van der Waals surface area contributed by atoms with Gasteiger partial charge in [0.25, 0.3) is 0 Å². The summed E-state index contributed by atoms with van der Waals surface area (Å²) in [6.07, 6.45) is 0. The normalized spacial score (nSPS) is 11.1. The lowest BCUT2D eigenvalue weighted by Crippen LogP contribution is -2.14. The van der Waals surface area contributed by atoms with Gasteiger partial charge in [-0.3, -0.25) is 4.79 Å². The molecule has 1 amide bonds. The van der Waals surface area contributed by atoms with E-state index in [4.69, 9.17) is 0 Å². The van der Waals surface area contributed by atoms with Crippen LogP contribution in [0.5, 0.6) is 0 Å². The Hall–Kier alpha value is -3.78. The fraction of sp³-hybridized carbons (Fsp3) is 0.0435. The van der Waals surface area contributed by atoms with E-state index in [2.05, 4.69) is 20.6 Å². The summed E-state index contributed by atoms with van der Waals surface area (Å²) < 4.78 is 14.8. The van der Waals surface area contributed by atoms with Gasteiger partial charge in [-0.1, -0.05) is 48.2 Å². The van der Waals surface area contributed by atoms with Crippen molar-refractivity contribution < 1.29 is 9.18 Å². The molecule has 6 nitrogen and oxygen atoms in total. The number of rotatable bonds is 5. The van der Waals surface area contributed by atoms with Gasteiger partial charge in [-0.15, -0.1) is 10.2 Å². The molecule has 0 saturated carbocycles. The van der Waals surface area contributed by atoms with Crippen LogP contribution in [0.2, 0.25) is 0 Å². The number of anilines is 1. The van der Waals surface area contributed by atoms with Gasteiger partial charge in [-0.2, -0.15) is 9.61 Å². The Balaban J connectivity index is 1.33. The maximum absolute atomic E-state index is 13.2. The van der Waals surface area contributed by atoms with Crippen LogP contribution < -0.4 is 5.32 Å². The number of halogens is 1. The van der Waals surface area contributed by atoms with Crippen LogP contribution in [-0.2, 0) is 4.79 Å². The van der Waals surface area contributed by atoms with E-state index in [-0.39, 0.29) is 17.5 Å². The zero-order chi connectivity index (χ0) is 21.2. The lowest BCUT2D eigenvalue weighted by molar-refractivity contribution is -0.113. The number of hydrogen-bond donors (Lipinski definition) is 1. The zero-order valence-corrected chi connectivity index (χ0v) is 17.0. The number of thioether (sulfide) groups is 1. The maximum atomic E-state index is 13.2. The third-order valence-corrected chi connectivity index (χ3v) is 5.68. The highest BCUT2D eigenvalue weighted by molar-refractivity contribution is 7.99. The van der Waals surface area contributed by atoms with E-state index < -0.39 is 0 Å². The number of carbonyl (C=O) groups is 1. The van der Waals surface area contributed by atoms with Crippen LogP contribution in [-0.4, -0.2) is 31.5 Å². The Morgan fingerprint density at radius 2 is 1.74 bits per heavy atom. The van der Waals surface area contributed by atoms with Crippen molar-refractivity contribution in [2.45, 2.75) is 5.03 Å². The van der Waals surface area contributed by atoms with Crippen molar-refractivity contribution in [2.75, 3.05) is 11.1 Å². The van der Waals surface area contributed by atoms with Crippen molar-refractivity contribution >= 4 is 39.8 Å². The number of aromatic nitrogens is 4. The van der Waals surface area contributed by atoms with E-state index in [1.54, 1.807) is 28.8 Å². The van der Waals surface area contributed by atoms with E-state index in [0.717, 1.165) is 16.5 Å². The number of fused-ring (bicyclic) bond motifs is 2. The van der Waals surface area contributed by atoms with Crippen LogP contribution in [0.1, 0.15) is 0 Å². The van der Waals surface area contributed by atoms with E-state index in [0.29, 0.717) is 22.1 Å². The summed E-state index contributed by atoms with van der Waals surface area (Å²) in [5.41, 5.74) is 2.06. The van der Waals surface area contributed by atoms with Crippen molar-refractivity contribution in [1.29, 1.82) is 0 Å². The maximum Gasteiger partial charge on any atom is 0.234 e. The third-order valence-electron chi connectivity index (χ3n) is 4.76. The average molecular weight is 429 g/mol. The molecule has 5 rings (SSSR count). The number of nitrogens with one attached hydrogen (secondary N) is 1. The molecule has 1 N–H and O–H groups in total. The number of nitrogens with zero attached hydrogens (tertiary/aromatic N) is 4. The summed E-state index contributed by atoms with van der Waals surface area (Å²) in [4.78, 5) is 12.5. The van der Waals surface area contributed by atoms with Crippen LogP contribution in [0.3, 0.4) is 0 Å². The van der Waals surface area contributed by atoms with Crippen molar-refractivity contribution in [2.24, 2.45) is 0 Å². The van der Waals surface area contributed by atoms with Gasteiger partial charge in [0.15, 0.2) is 11.5 Å². The molecule has 0 radical (unpaired) electrons. The first-order valence-electron chi connectivity index (χ1n) is 9.56. The SMILES string of the molecule is O=C(CSc1ccc2nnc(-c3ccc(F)cc3)n2n1)Nc1cccc2ccccc12. The minimum atomic E-state index is -0.320. The van der Waals surface area contributed by atoms with Crippen molar-refractivity contribution in [3.05, 3.63) is 84.7 Å². The van der Waals surface area contributed by atoms with Crippen LogP contribution in [0, 0.1) is 5.82 Å². The Morgan fingerprint density at radius 3 is 2.61 bits per heavy atom. The van der Waals surface area contributed by atoms with E-state index in [1.807, 2.05) is 42.5 Å². The summed E-state index contributed by atoms with van der Waals surface area (Å²) in [5.74, 6) is 0.276. The quantitative estimate of drug-likeness (QED) is 0.406. The minimum Gasteiger partial charge on any atom is -0.325 e. The monoisotopic (exact) mass is 429 g/mol. The van der Waals surface area contributed by atoms with Gasteiger partial charge in [-0.05, 0) is 47.9 Å². The summed E-state index contributed by atoms with van der Waals surface area (Å²) in [6.45, 7) is 0. The fourth-order valence-corrected chi connectivity index (χ4v) is 3.94. The first-order valence-corrected chi connectivity index (χ1v) is 10.5. The van der Waals surface area contributed by atoms with Gasteiger partial charge in [0.2, 0.25) is 5.91 Å². The highest BCUT2D eigenvalue weighted by atomic mass is 32.2. The molecule has 0 spiro atoms. The van der Waals surface area contributed by atoms with Gasteiger partial charge in [0.05, 0.1) is 5.75 Å². The molecule has 2 heterocycles.